The normalized spacial score (nSPS) is 21.8. The highest BCUT2D eigenvalue weighted by Gasteiger charge is 2.50. The van der Waals surface area contributed by atoms with Crippen LogP contribution in [0.2, 0.25) is 0 Å². The third-order valence-corrected chi connectivity index (χ3v) is 11.5. The number of carbonyl (C=O) groups is 4. The van der Waals surface area contributed by atoms with E-state index in [1.54, 1.807) is 0 Å². The van der Waals surface area contributed by atoms with Gasteiger partial charge in [0.05, 0.1) is 19.5 Å². The molecule has 0 bridgehead atoms. The summed E-state index contributed by atoms with van der Waals surface area (Å²) in [6, 6.07) is 0. The van der Waals surface area contributed by atoms with Crippen LogP contribution in [-0.4, -0.2) is 128 Å². The fourth-order valence-electron chi connectivity index (χ4n) is 4.65. The summed E-state index contributed by atoms with van der Waals surface area (Å²) < 4.78 is 62.0. The Morgan fingerprint density at radius 2 is 1.69 bits per heavy atom. The molecule has 1 aliphatic rings. The summed E-state index contributed by atoms with van der Waals surface area (Å²) in [7, 11) is -16.4. The largest absolute Gasteiger partial charge is 0.481 e. The summed E-state index contributed by atoms with van der Waals surface area (Å²) in [4.78, 5) is 98.0. The first-order valence-corrected chi connectivity index (χ1v) is 21.5. The number of anilines is 1. The van der Waals surface area contributed by atoms with Gasteiger partial charge in [0.2, 0.25) is 11.8 Å². The van der Waals surface area contributed by atoms with Gasteiger partial charge in [-0.05, 0) is 6.92 Å². The molecule has 10 N–H and O–H groups in total. The Bertz CT molecular complexity index is 1850. The fraction of sp³-hybridized carbons (Fsp3) is 0.654. The van der Waals surface area contributed by atoms with Crippen LogP contribution in [0.1, 0.15) is 46.3 Å². The van der Waals surface area contributed by atoms with E-state index < -0.39 is 84.6 Å². The molecule has 55 heavy (non-hydrogen) atoms. The van der Waals surface area contributed by atoms with Crippen LogP contribution in [0, 0.1) is 5.41 Å². The molecule has 3 heterocycles. The van der Waals surface area contributed by atoms with Crippen LogP contribution in [0.25, 0.3) is 11.2 Å². The molecule has 0 spiro atoms. The Morgan fingerprint density at radius 1 is 1.02 bits per heavy atom. The van der Waals surface area contributed by atoms with E-state index in [-0.39, 0.29) is 66.0 Å². The van der Waals surface area contributed by atoms with Crippen LogP contribution < -0.4 is 16.4 Å². The third-order valence-electron chi connectivity index (χ3n) is 7.45. The molecule has 1 fully saturated rings. The molecule has 1 aliphatic heterocycles. The van der Waals surface area contributed by atoms with Gasteiger partial charge in [-0.1, -0.05) is 25.6 Å². The van der Waals surface area contributed by atoms with Gasteiger partial charge in [0.25, 0.3) is 0 Å². The SMILES string of the molecule is CC(=O)CCC(=O)SCCNC(=O)CCNC(=O)[C@H](O)C(C)(C)COP(=O)(O)OP(=O)(O)OC[C@H]1O[C@@H](n2cnc3c(N)ncnc32)[C@H](O)[C@@H]1OP(=O)(O)O. The number of phosphoric acid groups is 3. The molecular formula is C26H42N7O18P3S. The van der Waals surface area contributed by atoms with Gasteiger partial charge in [-0.15, -0.1) is 0 Å². The highest BCUT2D eigenvalue weighted by atomic mass is 32.2. The molecule has 1 saturated heterocycles. The number of carbonyl (C=O) groups excluding carboxylic acids is 4. The zero-order valence-electron chi connectivity index (χ0n) is 29.4. The zero-order chi connectivity index (χ0) is 41.4. The number of ether oxygens (including phenoxy) is 1. The van der Waals surface area contributed by atoms with Crippen molar-refractivity contribution in [2.75, 3.05) is 37.8 Å². The van der Waals surface area contributed by atoms with Gasteiger partial charge in [-0.25, -0.2) is 28.6 Å². The number of aromatic nitrogens is 4. The molecule has 0 aromatic carbocycles. The topological polar surface area (TPSA) is 381 Å². The van der Waals surface area contributed by atoms with E-state index in [9.17, 15) is 62.7 Å². The second kappa shape index (κ2) is 19.6. The molecular weight excluding hydrogens is 823 g/mol. The summed E-state index contributed by atoms with van der Waals surface area (Å²) in [6.07, 6.45) is -6.77. The van der Waals surface area contributed by atoms with E-state index in [4.69, 9.17) is 19.5 Å². The van der Waals surface area contributed by atoms with Gasteiger partial charge in [-0.3, -0.25) is 32.5 Å². The highest BCUT2D eigenvalue weighted by Crippen LogP contribution is 2.61. The predicted molar refractivity (Wildman–Crippen MR) is 187 cm³/mol. The first kappa shape index (κ1) is 46.6. The van der Waals surface area contributed by atoms with Crippen molar-refractivity contribution in [3.63, 3.8) is 0 Å². The maximum atomic E-state index is 12.7. The molecule has 3 rings (SSSR count). The number of ketones is 1. The summed E-state index contributed by atoms with van der Waals surface area (Å²) in [5, 5.41) is 26.0. The van der Waals surface area contributed by atoms with Gasteiger partial charge in [-0.2, -0.15) is 4.31 Å². The average molecular weight is 866 g/mol. The molecule has 29 heteroatoms. The van der Waals surface area contributed by atoms with Crippen molar-refractivity contribution in [1.29, 1.82) is 0 Å². The van der Waals surface area contributed by atoms with E-state index in [1.165, 1.54) is 20.8 Å². The quantitative estimate of drug-likeness (QED) is 0.0508. The summed E-state index contributed by atoms with van der Waals surface area (Å²) in [5.41, 5.74) is 4.23. The highest BCUT2D eigenvalue weighted by molar-refractivity contribution is 8.13. The number of rotatable bonds is 22. The number of aliphatic hydroxyl groups excluding tert-OH is 2. The van der Waals surface area contributed by atoms with Gasteiger partial charge in [0, 0.05) is 43.5 Å². The van der Waals surface area contributed by atoms with Gasteiger partial charge in [0.1, 0.15) is 42.0 Å². The van der Waals surface area contributed by atoms with Crippen LogP contribution in [0.5, 0.6) is 0 Å². The Balaban J connectivity index is 1.49. The molecule has 25 nitrogen and oxygen atoms in total. The Kier molecular flexibility index (Phi) is 16.6. The van der Waals surface area contributed by atoms with Gasteiger partial charge >= 0.3 is 23.5 Å². The van der Waals surface area contributed by atoms with Crippen LogP contribution in [-0.2, 0) is 55.5 Å². The molecule has 310 valence electrons. The third kappa shape index (κ3) is 14.6. The Hall–Kier alpha value is -2.77. The number of Topliss-reactive ketones (excluding diaryl/α,β-unsaturated/α-hetero) is 1. The molecule has 2 aromatic rings. The van der Waals surface area contributed by atoms with Crippen LogP contribution in [0.4, 0.5) is 5.82 Å². The monoisotopic (exact) mass is 865 g/mol. The minimum atomic E-state index is -5.58. The van der Waals surface area contributed by atoms with E-state index >= 15 is 0 Å². The lowest BCUT2D eigenvalue weighted by Crippen LogP contribution is -2.46. The number of imidazole rings is 1. The first-order chi connectivity index (χ1) is 25.4. The standard InChI is InChI=1S/C26H42N7O18P3S/c1-14(34)4-5-17(36)55-9-8-28-16(35)6-7-29-24(39)21(38)26(2,3)11-48-54(45,46)51-53(43,44)47-10-15-20(50-52(40,41)42)19(37)25(49-15)33-13-32-18-22(27)30-12-31-23(18)33/h12-13,15,19-21,25,37-38H,4-11H2,1-3H3,(H,28,35)(H,29,39)(H,43,44)(H,45,46)(H2,27,30,31)(H2,40,41,42)/t15-,19-,20-,21+,25-/m1/s1. The lowest BCUT2D eigenvalue weighted by molar-refractivity contribution is -0.137. The Labute approximate surface area is 316 Å². The predicted octanol–water partition coefficient (Wildman–Crippen LogP) is -0.966. The number of aliphatic hydroxyl groups is 2. The number of nitrogens with zero attached hydrogens (tertiary/aromatic N) is 4. The lowest BCUT2D eigenvalue weighted by Gasteiger charge is -2.30. The average Bonchev–Trinajstić information content (AvgIpc) is 3.63. The summed E-state index contributed by atoms with van der Waals surface area (Å²) in [6.45, 7) is 1.73. The Morgan fingerprint density at radius 3 is 2.35 bits per heavy atom. The number of nitrogens with one attached hydrogen (secondary N) is 2. The van der Waals surface area contributed by atoms with Gasteiger partial charge in [0.15, 0.2) is 22.8 Å². The van der Waals surface area contributed by atoms with E-state index in [1.807, 2.05) is 0 Å². The van der Waals surface area contributed by atoms with Crippen molar-refractivity contribution in [1.82, 2.24) is 30.2 Å². The number of thioether (sulfide) groups is 1. The zero-order valence-corrected chi connectivity index (χ0v) is 32.9. The van der Waals surface area contributed by atoms with Crippen molar-refractivity contribution in [2.24, 2.45) is 5.41 Å². The van der Waals surface area contributed by atoms with Gasteiger partial charge < -0.3 is 55.7 Å². The minimum Gasteiger partial charge on any atom is -0.386 e. The molecule has 0 saturated carbocycles. The molecule has 0 aliphatic carbocycles. The first-order valence-electron chi connectivity index (χ1n) is 16.0. The number of nitrogens with two attached hydrogens (primary N) is 1. The molecule has 7 atom stereocenters. The maximum Gasteiger partial charge on any atom is 0.481 e. The van der Waals surface area contributed by atoms with Crippen LogP contribution >= 0.6 is 35.2 Å². The fourth-order valence-corrected chi connectivity index (χ4v) is 8.15. The molecule has 2 aromatic heterocycles. The number of fused-ring (bicyclic) bond motifs is 1. The second-order valence-corrected chi connectivity index (χ2v) is 17.9. The number of hydrogen-bond donors (Lipinski definition) is 9. The van der Waals surface area contributed by atoms with E-state index in [2.05, 4.69) is 34.4 Å². The number of amides is 2. The van der Waals surface area contributed by atoms with Crippen molar-refractivity contribution < 1.29 is 85.3 Å². The van der Waals surface area contributed by atoms with Crippen molar-refractivity contribution in [2.45, 2.75) is 70.7 Å². The number of hydrogen-bond acceptors (Lipinski definition) is 19. The maximum absolute atomic E-state index is 12.7. The summed E-state index contributed by atoms with van der Waals surface area (Å²) >= 11 is 0.960. The summed E-state index contributed by atoms with van der Waals surface area (Å²) in [5.74, 6) is -1.37. The van der Waals surface area contributed by atoms with Crippen LogP contribution in [0.3, 0.4) is 0 Å². The molecule has 0 radical (unpaired) electrons. The number of phosphoric ester groups is 3. The smallest absolute Gasteiger partial charge is 0.386 e. The lowest BCUT2D eigenvalue weighted by atomic mass is 9.87. The number of nitrogen functional groups attached to an aromatic ring is 1. The van der Waals surface area contributed by atoms with Crippen molar-refractivity contribution >= 4 is 74.9 Å². The van der Waals surface area contributed by atoms with Crippen LogP contribution in [0.15, 0.2) is 12.7 Å². The molecule has 2 amide bonds. The van der Waals surface area contributed by atoms with E-state index in [0.717, 1.165) is 29.0 Å². The molecule has 2 unspecified atom stereocenters. The second-order valence-electron chi connectivity index (χ2n) is 12.5. The van der Waals surface area contributed by atoms with Crippen molar-refractivity contribution in [3.05, 3.63) is 12.7 Å². The van der Waals surface area contributed by atoms with E-state index in [0.29, 0.717) is 0 Å². The minimum absolute atomic E-state index is 0.0248. The van der Waals surface area contributed by atoms with Crippen molar-refractivity contribution in [3.8, 4) is 0 Å².